The monoisotopic (exact) mass is 306 g/mol. The van der Waals surface area contributed by atoms with Gasteiger partial charge < -0.3 is 0 Å². The van der Waals surface area contributed by atoms with Crippen LogP contribution in [0.25, 0.3) is 0 Å². The Morgan fingerprint density at radius 1 is 1.20 bits per heavy atom. The van der Waals surface area contributed by atoms with Gasteiger partial charge in [0.2, 0.25) is 0 Å². The molecule has 1 aromatic heterocycles. The van der Waals surface area contributed by atoms with Gasteiger partial charge in [0.25, 0.3) is 0 Å². The van der Waals surface area contributed by atoms with E-state index in [2.05, 4.69) is 28.1 Å². The van der Waals surface area contributed by atoms with E-state index in [0.29, 0.717) is 5.92 Å². The standard InChI is InChI=1S/C12H16BrClS/c13-11-8-7-10(15-11)12(14)9-5-3-1-2-4-6-9/h7-9,12H,1-6H2. The smallest absolute Gasteiger partial charge is 0.0707 e. The predicted molar refractivity (Wildman–Crippen MR) is 71.8 cm³/mol. The summed E-state index contributed by atoms with van der Waals surface area (Å²) in [5.74, 6) is 0.694. The number of thiophene rings is 1. The molecular formula is C12H16BrClS. The van der Waals surface area contributed by atoms with Crippen molar-refractivity contribution in [1.82, 2.24) is 0 Å². The second-order valence-electron chi connectivity index (χ2n) is 4.30. The molecule has 3 heteroatoms. The van der Waals surface area contributed by atoms with Crippen molar-refractivity contribution in [3.05, 3.63) is 20.8 Å². The van der Waals surface area contributed by atoms with Crippen LogP contribution in [0.1, 0.15) is 48.8 Å². The topological polar surface area (TPSA) is 0 Å². The Bertz CT molecular complexity index is 302. The Labute approximate surface area is 109 Å². The summed E-state index contributed by atoms with van der Waals surface area (Å²) in [5, 5.41) is 0.236. The summed E-state index contributed by atoms with van der Waals surface area (Å²) in [4.78, 5) is 1.33. The van der Waals surface area contributed by atoms with Gasteiger partial charge in [0, 0.05) is 4.88 Å². The van der Waals surface area contributed by atoms with Crippen molar-refractivity contribution >= 4 is 38.9 Å². The zero-order valence-corrected chi connectivity index (χ0v) is 11.9. The molecule has 0 spiro atoms. The SMILES string of the molecule is ClC(c1ccc(Br)s1)C1CCCCCC1. The second-order valence-corrected chi connectivity index (χ2v) is 7.26. The molecule has 0 bridgehead atoms. The molecule has 15 heavy (non-hydrogen) atoms. The van der Waals surface area contributed by atoms with Crippen LogP contribution in [-0.4, -0.2) is 0 Å². The fourth-order valence-electron chi connectivity index (χ4n) is 2.31. The van der Waals surface area contributed by atoms with Crippen molar-refractivity contribution in [3.63, 3.8) is 0 Å². The van der Waals surface area contributed by atoms with Crippen LogP contribution < -0.4 is 0 Å². The molecule has 1 atom stereocenters. The normalized spacial score (nSPS) is 21.2. The molecular weight excluding hydrogens is 292 g/mol. The van der Waals surface area contributed by atoms with Gasteiger partial charge in [-0.1, -0.05) is 25.7 Å². The minimum Gasteiger partial charge on any atom is -0.132 e. The molecule has 1 aliphatic carbocycles. The van der Waals surface area contributed by atoms with Crippen LogP contribution in [0.2, 0.25) is 0 Å². The molecule has 0 N–H and O–H groups in total. The first-order valence-corrected chi connectivity index (χ1v) is 7.71. The van der Waals surface area contributed by atoms with E-state index < -0.39 is 0 Å². The summed E-state index contributed by atoms with van der Waals surface area (Å²) in [5.41, 5.74) is 0. The molecule has 0 saturated heterocycles. The molecule has 1 aromatic rings. The number of alkyl halides is 1. The number of hydrogen-bond acceptors (Lipinski definition) is 1. The molecule has 2 rings (SSSR count). The van der Waals surface area contributed by atoms with Gasteiger partial charge in [0.1, 0.15) is 0 Å². The lowest BCUT2D eigenvalue weighted by molar-refractivity contribution is 0.448. The van der Waals surface area contributed by atoms with Gasteiger partial charge in [0.05, 0.1) is 9.16 Å². The molecule has 0 radical (unpaired) electrons. The largest absolute Gasteiger partial charge is 0.132 e. The van der Waals surface area contributed by atoms with Crippen molar-refractivity contribution in [1.29, 1.82) is 0 Å². The summed E-state index contributed by atoms with van der Waals surface area (Å²) in [7, 11) is 0. The van der Waals surface area contributed by atoms with Crippen molar-refractivity contribution in [2.24, 2.45) is 5.92 Å². The van der Waals surface area contributed by atoms with E-state index in [1.165, 1.54) is 47.2 Å². The first kappa shape index (κ1) is 11.9. The Morgan fingerprint density at radius 3 is 2.40 bits per heavy atom. The Kier molecular flexibility index (Phi) is 4.53. The zero-order chi connectivity index (χ0) is 10.7. The molecule has 1 unspecified atom stereocenters. The van der Waals surface area contributed by atoms with Gasteiger partial charge in [0.15, 0.2) is 0 Å². The quantitative estimate of drug-likeness (QED) is 0.481. The van der Waals surface area contributed by atoms with E-state index in [0.717, 1.165) is 0 Å². The highest BCUT2D eigenvalue weighted by molar-refractivity contribution is 9.11. The van der Waals surface area contributed by atoms with Crippen LogP contribution in [0.5, 0.6) is 0 Å². The minimum absolute atomic E-state index is 0.236. The van der Waals surface area contributed by atoms with Gasteiger partial charge in [-0.25, -0.2) is 0 Å². The highest BCUT2D eigenvalue weighted by atomic mass is 79.9. The fraction of sp³-hybridized carbons (Fsp3) is 0.667. The van der Waals surface area contributed by atoms with Crippen LogP contribution in [-0.2, 0) is 0 Å². The van der Waals surface area contributed by atoms with Crippen LogP contribution in [0.15, 0.2) is 15.9 Å². The summed E-state index contributed by atoms with van der Waals surface area (Å²) in [6.07, 6.45) is 8.14. The van der Waals surface area contributed by atoms with Gasteiger partial charge in [-0.15, -0.1) is 22.9 Å². The summed E-state index contributed by atoms with van der Waals surface area (Å²) in [6.45, 7) is 0. The predicted octanol–water partition coefficient (Wildman–Crippen LogP) is 5.76. The highest BCUT2D eigenvalue weighted by Gasteiger charge is 2.23. The lowest BCUT2D eigenvalue weighted by Gasteiger charge is -2.19. The van der Waals surface area contributed by atoms with Crippen LogP contribution in [0.4, 0.5) is 0 Å². The molecule has 1 aliphatic rings. The van der Waals surface area contributed by atoms with Crippen LogP contribution in [0, 0.1) is 5.92 Å². The maximum Gasteiger partial charge on any atom is 0.0707 e. The van der Waals surface area contributed by atoms with Gasteiger partial charge in [-0.2, -0.15) is 0 Å². The third-order valence-electron chi connectivity index (χ3n) is 3.18. The van der Waals surface area contributed by atoms with E-state index in [9.17, 15) is 0 Å². The fourth-order valence-corrected chi connectivity index (χ4v) is 4.27. The molecule has 0 aromatic carbocycles. The molecule has 84 valence electrons. The Balaban J connectivity index is 2.02. The first-order valence-electron chi connectivity index (χ1n) is 5.66. The average Bonchev–Trinajstić information content (AvgIpc) is 2.53. The number of hydrogen-bond donors (Lipinski definition) is 0. The Hall–Kier alpha value is 0.470. The average molecular weight is 308 g/mol. The lowest BCUT2D eigenvalue weighted by atomic mass is 9.95. The number of rotatable bonds is 2. The van der Waals surface area contributed by atoms with Crippen LogP contribution in [0.3, 0.4) is 0 Å². The highest BCUT2D eigenvalue weighted by Crippen LogP contribution is 2.41. The van der Waals surface area contributed by atoms with Crippen molar-refractivity contribution in [2.75, 3.05) is 0 Å². The minimum atomic E-state index is 0.236. The maximum atomic E-state index is 6.56. The van der Waals surface area contributed by atoms with Crippen molar-refractivity contribution in [2.45, 2.75) is 43.9 Å². The van der Waals surface area contributed by atoms with Gasteiger partial charge >= 0.3 is 0 Å². The third kappa shape index (κ3) is 3.21. The van der Waals surface area contributed by atoms with E-state index in [1.54, 1.807) is 11.3 Å². The summed E-state index contributed by atoms with van der Waals surface area (Å²) in [6, 6.07) is 4.27. The molecule has 1 fully saturated rings. The summed E-state index contributed by atoms with van der Waals surface area (Å²) < 4.78 is 1.19. The second kappa shape index (κ2) is 5.70. The molecule has 0 nitrogen and oxygen atoms in total. The molecule has 1 saturated carbocycles. The summed E-state index contributed by atoms with van der Waals surface area (Å²) >= 11 is 11.8. The van der Waals surface area contributed by atoms with Gasteiger partial charge in [-0.05, 0) is 46.8 Å². The van der Waals surface area contributed by atoms with E-state index in [-0.39, 0.29) is 5.38 Å². The van der Waals surface area contributed by atoms with E-state index in [4.69, 9.17) is 11.6 Å². The van der Waals surface area contributed by atoms with E-state index in [1.807, 2.05) is 0 Å². The lowest BCUT2D eigenvalue weighted by Crippen LogP contribution is -2.05. The van der Waals surface area contributed by atoms with Crippen molar-refractivity contribution in [3.8, 4) is 0 Å². The van der Waals surface area contributed by atoms with Crippen molar-refractivity contribution < 1.29 is 0 Å². The van der Waals surface area contributed by atoms with Crippen LogP contribution >= 0.6 is 38.9 Å². The number of halogens is 2. The molecule has 0 aliphatic heterocycles. The maximum absolute atomic E-state index is 6.56. The first-order chi connectivity index (χ1) is 7.27. The van der Waals surface area contributed by atoms with E-state index >= 15 is 0 Å². The molecule has 0 amide bonds. The Morgan fingerprint density at radius 2 is 1.87 bits per heavy atom. The molecule has 1 heterocycles. The zero-order valence-electron chi connectivity index (χ0n) is 8.72. The van der Waals surface area contributed by atoms with Gasteiger partial charge in [-0.3, -0.25) is 0 Å². The third-order valence-corrected chi connectivity index (χ3v) is 5.61.